The van der Waals surface area contributed by atoms with Gasteiger partial charge in [-0.15, -0.1) is 0 Å². The van der Waals surface area contributed by atoms with Crippen molar-refractivity contribution >= 4 is 0 Å². The van der Waals surface area contributed by atoms with Gasteiger partial charge in [-0.2, -0.15) is 0 Å². The van der Waals surface area contributed by atoms with Crippen LogP contribution in [0.2, 0.25) is 0 Å². The van der Waals surface area contributed by atoms with Gasteiger partial charge in [0.05, 0.1) is 5.60 Å². The van der Waals surface area contributed by atoms with E-state index in [-0.39, 0.29) is 11.1 Å². The molecule has 0 aromatic rings. The van der Waals surface area contributed by atoms with Crippen LogP contribution >= 0.6 is 0 Å². The quantitative estimate of drug-likeness (QED) is 0.862. The smallest absolute Gasteiger partial charge is 0.0670 e. The van der Waals surface area contributed by atoms with E-state index in [1.165, 1.54) is 25.7 Å². The van der Waals surface area contributed by atoms with Gasteiger partial charge >= 0.3 is 0 Å². The van der Waals surface area contributed by atoms with Gasteiger partial charge in [-0.1, -0.05) is 20.8 Å². The highest BCUT2D eigenvalue weighted by Crippen LogP contribution is 2.42. The molecule has 0 amide bonds. The maximum Gasteiger partial charge on any atom is 0.0670 e. The summed E-state index contributed by atoms with van der Waals surface area (Å²) in [5.41, 5.74) is 6.94. The predicted octanol–water partition coefficient (Wildman–Crippen LogP) is 3.56. The van der Waals surface area contributed by atoms with Crippen LogP contribution in [0.25, 0.3) is 0 Å². The monoisotopic (exact) mass is 296 g/mol. The molecule has 2 atom stereocenters. The molecule has 2 rings (SSSR count). The van der Waals surface area contributed by atoms with Crippen LogP contribution in [0.15, 0.2) is 0 Å². The first-order valence-electron chi connectivity index (χ1n) is 8.83. The summed E-state index contributed by atoms with van der Waals surface area (Å²) >= 11 is 0. The van der Waals surface area contributed by atoms with Crippen molar-refractivity contribution in [3.05, 3.63) is 0 Å². The summed E-state index contributed by atoms with van der Waals surface area (Å²) in [4.78, 5) is 2.64. The Hall–Kier alpha value is -0.120. The normalized spacial score (nSPS) is 37.9. The Bertz CT molecular complexity index is 347. The van der Waals surface area contributed by atoms with Gasteiger partial charge in [-0.05, 0) is 64.3 Å². The number of hydrogen-bond acceptors (Lipinski definition) is 3. The molecule has 2 N–H and O–H groups in total. The third-order valence-corrected chi connectivity index (χ3v) is 6.45. The molecule has 2 unspecified atom stereocenters. The average molecular weight is 296 g/mol. The zero-order valence-corrected chi connectivity index (χ0v) is 14.9. The third kappa shape index (κ3) is 3.62. The largest absolute Gasteiger partial charge is 0.375 e. The Labute approximate surface area is 131 Å². The van der Waals surface area contributed by atoms with Crippen molar-refractivity contribution in [2.45, 2.75) is 89.8 Å². The van der Waals surface area contributed by atoms with E-state index in [4.69, 9.17) is 10.5 Å². The van der Waals surface area contributed by atoms with Crippen LogP contribution < -0.4 is 5.73 Å². The van der Waals surface area contributed by atoms with E-state index in [9.17, 15) is 0 Å². The molecule has 1 aliphatic heterocycles. The standard InChI is InChI=1S/C18H36N2O/c1-6-17(4)13-18(14-19,11-12-21-17)20(5)15-7-9-16(2,3)10-8-15/h15H,6-14,19H2,1-5H3. The van der Waals surface area contributed by atoms with Crippen molar-refractivity contribution < 1.29 is 4.74 Å². The number of nitrogens with zero attached hydrogens (tertiary/aromatic N) is 1. The van der Waals surface area contributed by atoms with Gasteiger partial charge < -0.3 is 10.5 Å². The molecule has 124 valence electrons. The summed E-state index contributed by atoms with van der Waals surface area (Å²) < 4.78 is 6.06. The molecular formula is C18H36N2O. The molecule has 1 saturated carbocycles. The summed E-state index contributed by atoms with van der Waals surface area (Å²) in [5, 5.41) is 0. The van der Waals surface area contributed by atoms with E-state index < -0.39 is 0 Å². The lowest BCUT2D eigenvalue weighted by atomic mass is 9.72. The summed E-state index contributed by atoms with van der Waals surface area (Å²) in [7, 11) is 2.32. The minimum Gasteiger partial charge on any atom is -0.375 e. The molecule has 0 spiro atoms. The third-order valence-electron chi connectivity index (χ3n) is 6.45. The molecule has 21 heavy (non-hydrogen) atoms. The highest BCUT2D eigenvalue weighted by molar-refractivity contribution is 5.02. The lowest BCUT2D eigenvalue weighted by Gasteiger charge is -2.54. The van der Waals surface area contributed by atoms with Crippen molar-refractivity contribution in [2.24, 2.45) is 11.1 Å². The van der Waals surface area contributed by atoms with Crippen molar-refractivity contribution in [1.29, 1.82) is 0 Å². The summed E-state index contributed by atoms with van der Waals surface area (Å²) in [6.45, 7) is 10.9. The van der Waals surface area contributed by atoms with Crippen LogP contribution in [-0.2, 0) is 4.74 Å². The number of rotatable bonds is 4. The van der Waals surface area contributed by atoms with Crippen molar-refractivity contribution in [1.82, 2.24) is 4.90 Å². The van der Waals surface area contributed by atoms with E-state index in [1.54, 1.807) is 0 Å². The van der Waals surface area contributed by atoms with Gasteiger partial charge in [0.15, 0.2) is 0 Å². The minimum absolute atomic E-state index is 0.000181. The van der Waals surface area contributed by atoms with Crippen LogP contribution in [0, 0.1) is 5.41 Å². The number of ether oxygens (including phenoxy) is 1. The van der Waals surface area contributed by atoms with Gasteiger partial charge in [0.25, 0.3) is 0 Å². The van der Waals surface area contributed by atoms with Crippen LogP contribution in [0.4, 0.5) is 0 Å². The molecular weight excluding hydrogens is 260 g/mol. The van der Waals surface area contributed by atoms with Crippen molar-refractivity contribution in [3.63, 3.8) is 0 Å². The summed E-state index contributed by atoms with van der Waals surface area (Å²) in [6, 6.07) is 0.695. The molecule has 3 heteroatoms. The number of hydrogen-bond donors (Lipinski definition) is 1. The van der Waals surface area contributed by atoms with Gasteiger partial charge in [0, 0.05) is 24.7 Å². The molecule has 0 bridgehead atoms. The molecule has 2 fully saturated rings. The highest BCUT2D eigenvalue weighted by Gasteiger charge is 2.46. The molecule has 3 nitrogen and oxygen atoms in total. The van der Waals surface area contributed by atoms with Gasteiger partial charge in [0.2, 0.25) is 0 Å². The topological polar surface area (TPSA) is 38.5 Å². The number of nitrogens with two attached hydrogens (primary N) is 1. The zero-order chi connectivity index (χ0) is 15.7. The molecule has 1 heterocycles. The second-order valence-electron chi connectivity index (χ2n) is 8.51. The van der Waals surface area contributed by atoms with E-state index in [2.05, 4.69) is 39.6 Å². The Balaban J connectivity index is 2.09. The minimum atomic E-state index is -0.000181. The average Bonchev–Trinajstić information content (AvgIpc) is 2.46. The van der Waals surface area contributed by atoms with Crippen molar-refractivity contribution in [2.75, 3.05) is 20.2 Å². The van der Waals surface area contributed by atoms with Crippen LogP contribution in [0.1, 0.15) is 72.6 Å². The van der Waals surface area contributed by atoms with Crippen LogP contribution in [-0.4, -0.2) is 42.3 Å². The van der Waals surface area contributed by atoms with Gasteiger partial charge in [-0.3, -0.25) is 4.90 Å². The summed E-state index contributed by atoms with van der Waals surface area (Å²) in [5.74, 6) is 0. The maximum absolute atomic E-state index is 6.28. The molecule has 2 aliphatic rings. The highest BCUT2D eigenvalue weighted by atomic mass is 16.5. The Morgan fingerprint density at radius 2 is 1.76 bits per heavy atom. The Morgan fingerprint density at radius 3 is 2.29 bits per heavy atom. The fourth-order valence-corrected chi connectivity index (χ4v) is 4.33. The maximum atomic E-state index is 6.28. The second kappa shape index (κ2) is 6.17. The van der Waals surface area contributed by atoms with E-state index in [0.717, 1.165) is 32.4 Å². The molecule has 1 saturated heterocycles. The number of likely N-dealkylation sites (N-methyl/N-ethyl adjacent to an activating group) is 1. The summed E-state index contributed by atoms with van der Waals surface area (Å²) in [6.07, 6.45) is 8.53. The fourth-order valence-electron chi connectivity index (χ4n) is 4.33. The Kier molecular flexibility index (Phi) is 5.07. The Morgan fingerprint density at radius 1 is 1.14 bits per heavy atom. The van der Waals surface area contributed by atoms with Crippen LogP contribution in [0.5, 0.6) is 0 Å². The van der Waals surface area contributed by atoms with E-state index in [0.29, 0.717) is 11.5 Å². The first kappa shape index (κ1) is 17.2. The van der Waals surface area contributed by atoms with Gasteiger partial charge in [-0.25, -0.2) is 0 Å². The SMILES string of the molecule is CCC1(C)CC(CN)(N(C)C2CCC(C)(C)CC2)CCO1. The molecule has 1 aliphatic carbocycles. The molecule has 0 aromatic carbocycles. The second-order valence-corrected chi connectivity index (χ2v) is 8.51. The van der Waals surface area contributed by atoms with E-state index >= 15 is 0 Å². The lowest BCUT2D eigenvalue weighted by molar-refractivity contribution is -0.134. The van der Waals surface area contributed by atoms with Crippen LogP contribution in [0.3, 0.4) is 0 Å². The van der Waals surface area contributed by atoms with E-state index in [1.807, 2.05) is 0 Å². The molecule has 0 radical (unpaired) electrons. The van der Waals surface area contributed by atoms with Gasteiger partial charge in [0.1, 0.15) is 0 Å². The first-order valence-corrected chi connectivity index (χ1v) is 8.83. The fraction of sp³-hybridized carbons (Fsp3) is 1.00. The molecule has 0 aromatic heterocycles. The predicted molar refractivity (Wildman–Crippen MR) is 89.5 cm³/mol. The zero-order valence-electron chi connectivity index (χ0n) is 14.9. The van der Waals surface area contributed by atoms with Crippen molar-refractivity contribution in [3.8, 4) is 0 Å². The lowest BCUT2D eigenvalue weighted by Crippen LogP contribution is -2.62. The first-order chi connectivity index (χ1) is 9.76.